The van der Waals surface area contributed by atoms with E-state index in [-0.39, 0.29) is 18.0 Å². The van der Waals surface area contributed by atoms with Crippen molar-refractivity contribution < 1.29 is 0 Å². The Morgan fingerprint density at radius 1 is 0.870 bits per heavy atom. The molecule has 0 amide bonds. The molecule has 3 nitrogen and oxygen atoms in total. The van der Waals surface area contributed by atoms with Gasteiger partial charge in [-0.25, -0.2) is 0 Å². The number of piperidine rings is 1. The van der Waals surface area contributed by atoms with Gasteiger partial charge in [-0.15, -0.1) is 0 Å². The Morgan fingerprint density at radius 2 is 1.26 bits per heavy atom. The minimum Gasteiger partial charge on any atom is -0.370 e. The summed E-state index contributed by atoms with van der Waals surface area (Å²) in [5, 5.41) is 8.14. The fourth-order valence-electron chi connectivity index (χ4n) is 3.57. The van der Waals surface area contributed by atoms with Crippen LogP contribution in [0.3, 0.4) is 0 Å². The van der Waals surface area contributed by atoms with Crippen LogP contribution in [0.5, 0.6) is 0 Å². The fraction of sp³-hybridized carbons (Fsp3) is 0.350. The Kier molecular flexibility index (Phi) is 4.37. The Hall–Kier alpha value is -2.29. The average Bonchev–Trinajstić information content (AvgIpc) is 2.55. The molecule has 0 unspecified atom stereocenters. The second kappa shape index (κ2) is 6.45. The third-order valence-electron chi connectivity index (χ3n) is 4.83. The molecule has 2 aromatic carbocycles. The molecule has 3 rings (SSSR count). The molecule has 0 radical (unpaired) electrons. The zero-order valence-corrected chi connectivity index (χ0v) is 13.9. The van der Waals surface area contributed by atoms with E-state index in [1.807, 2.05) is 0 Å². The number of rotatable bonds is 2. The van der Waals surface area contributed by atoms with Crippen LogP contribution in [0.2, 0.25) is 0 Å². The second-order valence-corrected chi connectivity index (χ2v) is 6.58. The highest BCUT2D eigenvalue weighted by Crippen LogP contribution is 2.41. The van der Waals surface area contributed by atoms with Crippen LogP contribution in [0.1, 0.15) is 53.6 Å². The Labute approximate surface area is 138 Å². The van der Waals surface area contributed by atoms with Crippen LogP contribution in [0, 0.1) is 19.3 Å². The highest BCUT2D eigenvalue weighted by atomic mass is 15.3. The summed E-state index contributed by atoms with van der Waals surface area (Å²) in [6, 6.07) is 17.6. The van der Waals surface area contributed by atoms with E-state index in [4.69, 9.17) is 11.1 Å². The van der Waals surface area contributed by atoms with Crippen molar-refractivity contribution in [1.29, 1.82) is 5.41 Å². The van der Waals surface area contributed by atoms with Crippen LogP contribution in [-0.2, 0) is 0 Å². The van der Waals surface area contributed by atoms with Crippen molar-refractivity contribution in [2.75, 3.05) is 0 Å². The third-order valence-corrected chi connectivity index (χ3v) is 4.83. The Morgan fingerprint density at radius 3 is 1.61 bits per heavy atom. The summed E-state index contributed by atoms with van der Waals surface area (Å²) < 4.78 is 0. The first-order valence-corrected chi connectivity index (χ1v) is 8.32. The van der Waals surface area contributed by atoms with Gasteiger partial charge < -0.3 is 10.6 Å². The summed E-state index contributed by atoms with van der Waals surface area (Å²) in [5.74, 6) is 0.167. The van der Waals surface area contributed by atoms with Gasteiger partial charge >= 0.3 is 0 Å². The molecule has 1 fully saturated rings. The lowest BCUT2D eigenvalue weighted by Gasteiger charge is -2.43. The van der Waals surface area contributed by atoms with Gasteiger partial charge in [-0.3, -0.25) is 5.41 Å². The topological polar surface area (TPSA) is 53.1 Å². The summed E-state index contributed by atoms with van der Waals surface area (Å²) in [5.41, 5.74) is 11.0. The van der Waals surface area contributed by atoms with Crippen LogP contribution in [0.25, 0.3) is 0 Å². The fourth-order valence-corrected chi connectivity index (χ4v) is 3.57. The number of hydrogen-bond donors (Lipinski definition) is 2. The molecule has 3 heteroatoms. The van der Waals surface area contributed by atoms with Crippen molar-refractivity contribution in [1.82, 2.24) is 4.90 Å². The van der Waals surface area contributed by atoms with Gasteiger partial charge in [0.1, 0.15) is 0 Å². The molecule has 3 N–H and O–H groups in total. The maximum atomic E-state index is 8.14. The van der Waals surface area contributed by atoms with Crippen LogP contribution < -0.4 is 5.73 Å². The number of benzene rings is 2. The maximum absolute atomic E-state index is 8.14. The number of nitrogens with one attached hydrogen (secondary N) is 1. The molecule has 1 heterocycles. The van der Waals surface area contributed by atoms with Crippen molar-refractivity contribution >= 4 is 5.96 Å². The zero-order valence-electron chi connectivity index (χ0n) is 13.9. The van der Waals surface area contributed by atoms with Gasteiger partial charge in [0.15, 0.2) is 5.96 Å². The van der Waals surface area contributed by atoms with E-state index in [1.54, 1.807) is 0 Å². The van der Waals surface area contributed by atoms with Crippen molar-refractivity contribution in [2.45, 2.75) is 45.2 Å². The lowest BCUT2D eigenvalue weighted by molar-refractivity contribution is 0.165. The van der Waals surface area contributed by atoms with E-state index in [0.29, 0.717) is 0 Å². The summed E-state index contributed by atoms with van der Waals surface area (Å²) in [6.07, 6.45) is 3.25. The standard InChI is InChI=1S/C20H25N3/c1-14-6-10-16(11-7-14)18-4-3-5-19(23(18)20(21)22)17-12-8-15(2)9-13-17/h6-13,18-19H,3-5H2,1-2H3,(H3,21,22)/t18-,19+. The summed E-state index contributed by atoms with van der Waals surface area (Å²) in [6.45, 7) is 4.20. The lowest BCUT2D eigenvalue weighted by atomic mass is 9.87. The molecule has 2 aromatic rings. The number of guanidine groups is 1. The summed E-state index contributed by atoms with van der Waals surface area (Å²) in [7, 11) is 0. The van der Waals surface area contributed by atoms with Crippen LogP contribution >= 0.6 is 0 Å². The van der Waals surface area contributed by atoms with Gasteiger partial charge in [-0.2, -0.15) is 0 Å². The molecule has 2 atom stereocenters. The monoisotopic (exact) mass is 307 g/mol. The molecule has 0 bridgehead atoms. The highest BCUT2D eigenvalue weighted by molar-refractivity contribution is 5.76. The smallest absolute Gasteiger partial charge is 0.189 e. The van der Waals surface area contributed by atoms with Crippen molar-refractivity contribution in [2.24, 2.45) is 5.73 Å². The van der Waals surface area contributed by atoms with E-state index in [1.165, 1.54) is 22.3 Å². The summed E-state index contributed by atoms with van der Waals surface area (Å²) >= 11 is 0. The second-order valence-electron chi connectivity index (χ2n) is 6.58. The average molecular weight is 307 g/mol. The number of aryl methyl sites for hydroxylation is 2. The van der Waals surface area contributed by atoms with Crippen molar-refractivity contribution in [3.8, 4) is 0 Å². The van der Waals surface area contributed by atoms with Crippen molar-refractivity contribution in [3.63, 3.8) is 0 Å². The Balaban J connectivity index is 1.95. The molecule has 0 spiro atoms. The third kappa shape index (κ3) is 3.24. The molecule has 1 aliphatic rings. The Bertz CT molecular complexity index is 620. The first-order chi connectivity index (χ1) is 11.1. The molecule has 0 saturated carbocycles. The van der Waals surface area contributed by atoms with E-state index in [2.05, 4.69) is 67.3 Å². The molecule has 120 valence electrons. The van der Waals surface area contributed by atoms with Gasteiger partial charge in [0.2, 0.25) is 0 Å². The number of likely N-dealkylation sites (tertiary alicyclic amines) is 1. The van der Waals surface area contributed by atoms with Gasteiger partial charge in [0, 0.05) is 0 Å². The predicted molar refractivity (Wildman–Crippen MR) is 95.4 cm³/mol. The van der Waals surface area contributed by atoms with Gasteiger partial charge in [0.05, 0.1) is 12.1 Å². The quantitative estimate of drug-likeness (QED) is 0.635. The highest BCUT2D eigenvalue weighted by Gasteiger charge is 2.33. The molecule has 0 aromatic heterocycles. The lowest BCUT2D eigenvalue weighted by Crippen LogP contribution is -2.44. The predicted octanol–water partition coefficient (Wildman–Crippen LogP) is 4.47. The van der Waals surface area contributed by atoms with E-state index >= 15 is 0 Å². The molecule has 0 aliphatic carbocycles. The molecule has 23 heavy (non-hydrogen) atoms. The largest absolute Gasteiger partial charge is 0.370 e. The number of nitrogens with two attached hydrogens (primary N) is 1. The molecule has 1 aliphatic heterocycles. The number of hydrogen-bond acceptors (Lipinski definition) is 1. The van der Waals surface area contributed by atoms with E-state index in [0.717, 1.165) is 19.3 Å². The van der Waals surface area contributed by atoms with E-state index < -0.39 is 0 Å². The number of nitrogens with zero attached hydrogens (tertiary/aromatic N) is 1. The van der Waals surface area contributed by atoms with Crippen LogP contribution in [0.15, 0.2) is 48.5 Å². The van der Waals surface area contributed by atoms with Crippen LogP contribution in [-0.4, -0.2) is 10.9 Å². The molecule has 1 saturated heterocycles. The van der Waals surface area contributed by atoms with Gasteiger partial charge in [-0.1, -0.05) is 59.7 Å². The molecular weight excluding hydrogens is 282 g/mol. The van der Waals surface area contributed by atoms with Gasteiger partial charge in [-0.05, 0) is 44.2 Å². The van der Waals surface area contributed by atoms with Crippen molar-refractivity contribution in [3.05, 3.63) is 70.8 Å². The maximum Gasteiger partial charge on any atom is 0.189 e. The first kappa shape index (κ1) is 15.6. The molecular formula is C20H25N3. The zero-order chi connectivity index (χ0) is 16.4. The summed E-state index contributed by atoms with van der Waals surface area (Å²) in [4.78, 5) is 2.10. The SMILES string of the molecule is Cc1ccc([C@H]2CCC[C@@H](c3ccc(C)cc3)N2C(=N)N)cc1. The van der Waals surface area contributed by atoms with Crippen LogP contribution in [0.4, 0.5) is 0 Å². The minimum atomic E-state index is 0.167. The van der Waals surface area contributed by atoms with Gasteiger partial charge in [0.25, 0.3) is 0 Å². The normalized spacial score (nSPS) is 21.2. The first-order valence-electron chi connectivity index (χ1n) is 8.32. The minimum absolute atomic E-state index is 0.167. The van der Waals surface area contributed by atoms with E-state index in [9.17, 15) is 0 Å².